The van der Waals surface area contributed by atoms with Crippen LogP contribution < -0.4 is 14.8 Å². The third kappa shape index (κ3) is 2.95. The molecule has 3 rings (SSSR count). The third-order valence-corrected chi connectivity index (χ3v) is 4.11. The molecule has 0 fully saturated rings. The number of rotatable bonds is 6. The third-order valence-electron chi connectivity index (χ3n) is 4.11. The van der Waals surface area contributed by atoms with Gasteiger partial charge in [-0.1, -0.05) is 0 Å². The minimum atomic E-state index is -0.109. The Kier molecular flexibility index (Phi) is 4.46. The highest BCUT2D eigenvalue weighted by atomic mass is 16.5. The van der Waals surface area contributed by atoms with Crippen LogP contribution in [-0.2, 0) is 13.6 Å². The first kappa shape index (κ1) is 16.0. The van der Waals surface area contributed by atoms with Crippen molar-refractivity contribution >= 4 is 16.8 Å². The van der Waals surface area contributed by atoms with E-state index in [1.165, 1.54) is 0 Å². The van der Waals surface area contributed by atoms with Crippen molar-refractivity contribution in [3.8, 4) is 11.5 Å². The fourth-order valence-corrected chi connectivity index (χ4v) is 2.79. The second-order valence-corrected chi connectivity index (χ2v) is 5.53. The molecule has 0 aliphatic carbocycles. The van der Waals surface area contributed by atoms with Crippen molar-refractivity contribution in [3.05, 3.63) is 48.4 Å². The molecule has 1 N–H and O–H groups in total. The standard InChI is InChI=1S/C18H21N3O3/c1-20-15-10-13(23-2)11-17(24-3)14(15)12-16(20)18(22)19-6-9-21-7-4-5-8-21/h4-5,7-8,10-12H,6,9H2,1-3H3,(H,19,22). The van der Waals surface area contributed by atoms with E-state index in [4.69, 9.17) is 9.47 Å². The number of hydrogen-bond donors (Lipinski definition) is 1. The largest absolute Gasteiger partial charge is 0.497 e. The highest BCUT2D eigenvalue weighted by molar-refractivity contribution is 6.00. The topological polar surface area (TPSA) is 57.4 Å². The van der Waals surface area contributed by atoms with Crippen LogP contribution in [0.1, 0.15) is 10.5 Å². The zero-order valence-corrected chi connectivity index (χ0v) is 14.1. The van der Waals surface area contributed by atoms with Crippen LogP contribution in [0.4, 0.5) is 0 Å². The van der Waals surface area contributed by atoms with E-state index in [9.17, 15) is 4.79 Å². The van der Waals surface area contributed by atoms with Gasteiger partial charge >= 0.3 is 0 Å². The van der Waals surface area contributed by atoms with Crippen molar-refractivity contribution in [3.63, 3.8) is 0 Å². The molecule has 0 saturated carbocycles. The van der Waals surface area contributed by atoms with Crippen molar-refractivity contribution in [2.24, 2.45) is 7.05 Å². The summed E-state index contributed by atoms with van der Waals surface area (Å²) in [5.41, 5.74) is 1.48. The number of carbonyl (C=O) groups is 1. The Bertz CT molecular complexity index is 850. The molecular weight excluding hydrogens is 306 g/mol. The van der Waals surface area contributed by atoms with Gasteiger partial charge in [-0.25, -0.2) is 0 Å². The van der Waals surface area contributed by atoms with Gasteiger partial charge in [-0.3, -0.25) is 4.79 Å². The van der Waals surface area contributed by atoms with Crippen molar-refractivity contribution < 1.29 is 14.3 Å². The zero-order chi connectivity index (χ0) is 17.1. The van der Waals surface area contributed by atoms with Crippen molar-refractivity contribution in [2.75, 3.05) is 20.8 Å². The lowest BCUT2D eigenvalue weighted by Gasteiger charge is -2.08. The molecule has 0 saturated heterocycles. The van der Waals surface area contributed by atoms with E-state index in [1.54, 1.807) is 14.2 Å². The second kappa shape index (κ2) is 6.70. The monoisotopic (exact) mass is 327 g/mol. The molecule has 0 unspecified atom stereocenters. The Hall–Kier alpha value is -2.89. The van der Waals surface area contributed by atoms with Gasteiger partial charge in [0.2, 0.25) is 0 Å². The lowest BCUT2D eigenvalue weighted by molar-refractivity contribution is 0.0944. The maximum absolute atomic E-state index is 12.5. The molecule has 1 amide bonds. The molecule has 2 heterocycles. The number of methoxy groups -OCH3 is 2. The Morgan fingerprint density at radius 3 is 2.54 bits per heavy atom. The van der Waals surface area contributed by atoms with Gasteiger partial charge < -0.3 is 23.9 Å². The molecular formula is C18H21N3O3. The Labute approximate surface area is 140 Å². The molecule has 0 spiro atoms. The SMILES string of the molecule is COc1cc(OC)c2cc(C(=O)NCCn3cccc3)n(C)c2c1. The van der Waals surface area contributed by atoms with Crippen LogP contribution in [-0.4, -0.2) is 35.8 Å². The van der Waals surface area contributed by atoms with Gasteiger partial charge in [0.05, 0.1) is 19.7 Å². The van der Waals surface area contributed by atoms with Crippen LogP contribution in [0, 0.1) is 0 Å². The van der Waals surface area contributed by atoms with Crippen molar-refractivity contribution in [2.45, 2.75) is 6.54 Å². The summed E-state index contributed by atoms with van der Waals surface area (Å²) >= 11 is 0. The quantitative estimate of drug-likeness (QED) is 0.756. The average Bonchev–Trinajstić information content (AvgIpc) is 3.22. The van der Waals surface area contributed by atoms with Crippen LogP contribution >= 0.6 is 0 Å². The number of ether oxygens (including phenoxy) is 2. The lowest BCUT2D eigenvalue weighted by atomic mass is 10.2. The summed E-state index contributed by atoms with van der Waals surface area (Å²) in [4.78, 5) is 12.5. The molecule has 0 bridgehead atoms. The van der Waals surface area contributed by atoms with E-state index >= 15 is 0 Å². The normalized spacial score (nSPS) is 10.8. The lowest BCUT2D eigenvalue weighted by Crippen LogP contribution is -2.28. The number of hydrogen-bond acceptors (Lipinski definition) is 3. The van der Waals surface area contributed by atoms with Gasteiger partial charge in [-0.2, -0.15) is 0 Å². The average molecular weight is 327 g/mol. The molecule has 24 heavy (non-hydrogen) atoms. The van der Waals surface area contributed by atoms with E-state index in [-0.39, 0.29) is 5.91 Å². The molecule has 6 heteroatoms. The minimum Gasteiger partial charge on any atom is -0.497 e. The number of aromatic nitrogens is 2. The molecule has 1 aromatic carbocycles. The summed E-state index contributed by atoms with van der Waals surface area (Å²) in [7, 11) is 5.08. The molecule has 0 radical (unpaired) electrons. The van der Waals surface area contributed by atoms with Gasteiger partial charge in [0, 0.05) is 50.0 Å². The molecule has 3 aromatic rings. The van der Waals surface area contributed by atoms with Crippen molar-refractivity contribution in [1.29, 1.82) is 0 Å². The number of amides is 1. The maximum Gasteiger partial charge on any atom is 0.267 e. The second-order valence-electron chi connectivity index (χ2n) is 5.53. The van der Waals surface area contributed by atoms with Crippen LogP contribution in [0.2, 0.25) is 0 Å². The highest BCUT2D eigenvalue weighted by Crippen LogP contribution is 2.33. The molecule has 0 aliphatic rings. The smallest absolute Gasteiger partial charge is 0.267 e. The van der Waals surface area contributed by atoms with Crippen molar-refractivity contribution in [1.82, 2.24) is 14.5 Å². The predicted octanol–water partition coefficient (Wildman–Crippen LogP) is 2.43. The highest BCUT2D eigenvalue weighted by Gasteiger charge is 2.16. The summed E-state index contributed by atoms with van der Waals surface area (Å²) in [5.74, 6) is 1.27. The first-order valence-corrected chi connectivity index (χ1v) is 7.74. The molecule has 0 aliphatic heterocycles. The van der Waals surface area contributed by atoms with Gasteiger partial charge in [0.1, 0.15) is 17.2 Å². The van der Waals surface area contributed by atoms with E-state index in [0.29, 0.717) is 23.7 Å². The predicted molar refractivity (Wildman–Crippen MR) is 92.8 cm³/mol. The molecule has 2 aromatic heterocycles. The molecule has 126 valence electrons. The van der Waals surface area contributed by atoms with Gasteiger partial charge in [-0.05, 0) is 18.2 Å². The van der Waals surface area contributed by atoms with E-state index in [1.807, 2.05) is 58.9 Å². The van der Waals surface area contributed by atoms with E-state index < -0.39 is 0 Å². The first-order valence-electron chi connectivity index (χ1n) is 7.74. The number of benzene rings is 1. The van der Waals surface area contributed by atoms with Crippen LogP contribution in [0.15, 0.2) is 42.7 Å². The Morgan fingerprint density at radius 1 is 1.12 bits per heavy atom. The number of fused-ring (bicyclic) bond motifs is 1. The summed E-state index contributed by atoms with van der Waals surface area (Å²) < 4.78 is 14.6. The zero-order valence-electron chi connectivity index (χ0n) is 14.1. The van der Waals surface area contributed by atoms with Crippen LogP contribution in [0.5, 0.6) is 11.5 Å². The van der Waals surface area contributed by atoms with Crippen LogP contribution in [0.3, 0.4) is 0 Å². The Morgan fingerprint density at radius 2 is 1.88 bits per heavy atom. The number of nitrogens with zero attached hydrogens (tertiary/aromatic N) is 2. The van der Waals surface area contributed by atoms with Crippen LogP contribution in [0.25, 0.3) is 10.9 Å². The Balaban J connectivity index is 1.83. The summed E-state index contributed by atoms with van der Waals surface area (Å²) in [6, 6.07) is 9.49. The van der Waals surface area contributed by atoms with Gasteiger partial charge in [-0.15, -0.1) is 0 Å². The first-order chi connectivity index (χ1) is 11.6. The number of nitrogens with one attached hydrogen (secondary N) is 1. The summed E-state index contributed by atoms with van der Waals surface area (Å²) in [6.45, 7) is 1.30. The molecule has 6 nitrogen and oxygen atoms in total. The van der Waals surface area contributed by atoms with E-state index in [0.717, 1.165) is 17.4 Å². The number of aryl methyl sites for hydroxylation is 1. The summed E-state index contributed by atoms with van der Waals surface area (Å²) in [5, 5.41) is 3.84. The van der Waals surface area contributed by atoms with Gasteiger partial charge in [0.15, 0.2) is 0 Å². The maximum atomic E-state index is 12.5. The summed E-state index contributed by atoms with van der Waals surface area (Å²) in [6.07, 6.45) is 3.94. The fourth-order valence-electron chi connectivity index (χ4n) is 2.79. The number of carbonyl (C=O) groups excluding carboxylic acids is 1. The minimum absolute atomic E-state index is 0.109. The molecule has 0 atom stereocenters. The fraction of sp³-hybridized carbons (Fsp3) is 0.278. The van der Waals surface area contributed by atoms with Gasteiger partial charge in [0.25, 0.3) is 5.91 Å². The van der Waals surface area contributed by atoms with E-state index in [2.05, 4.69) is 5.32 Å².